The summed E-state index contributed by atoms with van der Waals surface area (Å²) in [6, 6.07) is 3.03. The molecule has 2 fully saturated rings. The van der Waals surface area contributed by atoms with E-state index in [2.05, 4.69) is 16.8 Å². The van der Waals surface area contributed by atoms with Crippen molar-refractivity contribution < 1.29 is 9.13 Å². The Bertz CT molecular complexity index is 477. The van der Waals surface area contributed by atoms with Crippen LogP contribution >= 0.6 is 0 Å². The van der Waals surface area contributed by atoms with Crippen molar-refractivity contribution in [1.29, 1.82) is 0 Å². The largest absolute Gasteiger partial charge is 0.495 e. The predicted octanol–water partition coefficient (Wildman–Crippen LogP) is 1.17. The van der Waals surface area contributed by atoms with Crippen molar-refractivity contribution in [2.24, 2.45) is 5.41 Å². The molecule has 0 unspecified atom stereocenters. The third kappa shape index (κ3) is 1.61. The topological polar surface area (TPSA) is 41.7 Å². The number of rotatable bonds is 2. The first-order valence-corrected chi connectivity index (χ1v) is 6.09. The summed E-state index contributed by atoms with van der Waals surface area (Å²) in [6.07, 6.45) is 0. The van der Waals surface area contributed by atoms with E-state index in [1.165, 1.54) is 6.07 Å². The fourth-order valence-corrected chi connectivity index (χ4v) is 3.21. The molecular weight excluding hydrogens is 233 g/mol. The molecule has 18 heavy (non-hydrogen) atoms. The second-order valence-corrected chi connectivity index (χ2v) is 5.57. The molecule has 0 aromatic heterocycles. The molecule has 2 N–H and O–H groups in total. The molecule has 2 heterocycles. The van der Waals surface area contributed by atoms with Crippen molar-refractivity contribution in [2.45, 2.75) is 0 Å². The average Bonchev–Trinajstić information content (AvgIpc) is 2.22. The van der Waals surface area contributed by atoms with Crippen LogP contribution in [-0.2, 0) is 0 Å². The summed E-state index contributed by atoms with van der Waals surface area (Å²) in [5, 5.41) is 0. The van der Waals surface area contributed by atoms with Crippen molar-refractivity contribution in [2.75, 3.05) is 51.0 Å². The van der Waals surface area contributed by atoms with Gasteiger partial charge >= 0.3 is 0 Å². The first-order valence-electron chi connectivity index (χ1n) is 6.09. The summed E-state index contributed by atoms with van der Waals surface area (Å²) in [5.41, 5.74) is 7.01. The fourth-order valence-electron chi connectivity index (χ4n) is 3.21. The van der Waals surface area contributed by atoms with Crippen LogP contribution in [0.25, 0.3) is 0 Å². The van der Waals surface area contributed by atoms with E-state index in [1.807, 2.05) is 0 Å². The summed E-state index contributed by atoms with van der Waals surface area (Å²) in [5.74, 6) is 0.272. The molecule has 2 saturated heterocycles. The maximum absolute atomic E-state index is 13.9. The van der Waals surface area contributed by atoms with E-state index in [0.717, 1.165) is 26.2 Å². The van der Waals surface area contributed by atoms with E-state index < -0.39 is 0 Å². The Morgan fingerprint density at radius 1 is 1.28 bits per heavy atom. The van der Waals surface area contributed by atoms with Crippen molar-refractivity contribution in [3.63, 3.8) is 0 Å². The van der Waals surface area contributed by atoms with Crippen molar-refractivity contribution in [3.8, 4) is 5.75 Å². The van der Waals surface area contributed by atoms with Gasteiger partial charge < -0.3 is 20.3 Å². The average molecular weight is 251 g/mol. The van der Waals surface area contributed by atoms with Gasteiger partial charge in [-0.25, -0.2) is 4.39 Å². The minimum Gasteiger partial charge on any atom is -0.495 e. The Kier molecular flexibility index (Phi) is 2.41. The first-order chi connectivity index (χ1) is 8.53. The molecule has 2 aliphatic rings. The van der Waals surface area contributed by atoms with E-state index in [4.69, 9.17) is 10.5 Å². The van der Waals surface area contributed by atoms with Gasteiger partial charge in [0.25, 0.3) is 0 Å². The zero-order valence-electron chi connectivity index (χ0n) is 10.7. The number of methoxy groups -OCH3 is 1. The number of hydrogen-bond donors (Lipinski definition) is 1. The zero-order valence-corrected chi connectivity index (χ0v) is 10.7. The lowest BCUT2D eigenvalue weighted by Gasteiger charge is -2.60. The van der Waals surface area contributed by atoms with Gasteiger partial charge in [0, 0.05) is 43.7 Å². The van der Waals surface area contributed by atoms with E-state index in [9.17, 15) is 4.39 Å². The Balaban J connectivity index is 1.78. The lowest BCUT2D eigenvalue weighted by Crippen LogP contribution is -2.71. The van der Waals surface area contributed by atoms with Gasteiger partial charge in [-0.1, -0.05) is 0 Å². The number of hydrogen-bond acceptors (Lipinski definition) is 4. The third-order valence-corrected chi connectivity index (χ3v) is 3.90. The molecule has 2 aliphatic heterocycles. The number of nitrogen functional groups attached to an aromatic ring is 1. The molecule has 0 atom stereocenters. The highest BCUT2D eigenvalue weighted by atomic mass is 19.1. The number of halogens is 1. The molecule has 3 rings (SSSR count). The van der Waals surface area contributed by atoms with Crippen LogP contribution in [0, 0.1) is 11.2 Å². The molecule has 1 aromatic rings. The Hall–Kier alpha value is -1.49. The lowest BCUT2D eigenvalue weighted by atomic mass is 9.73. The van der Waals surface area contributed by atoms with Crippen molar-refractivity contribution in [1.82, 2.24) is 4.90 Å². The minimum absolute atomic E-state index is 0.268. The first kappa shape index (κ1) is 11.6. The number of likely N-dealkylation sites (tertiary alicyclic amines) is 1. The third-order valence-electron chi connectivity index (χ3n) is 3.90. The van der Waals surface area contributed by atoms with E-state index >= 15 is 0 Å². The normalized spacial score (nSPS) is 21.6. The maximum Gasteiger partial charge on any atom is 0.148 e. The highest BCUT2D eigenvalue weighted by Gasteiger charge is 2.50. The van der Waals surface area contributed by atoms with E-state index in [0.29, 0.717) is 22.5 Å². The Morgan fingerprint density at radius 3 is 2.50 bits per heavy atom. The number of anilines is 2. The Labute approximate surface area is 106 Å². The summed E-state index contributed by atoms with van der Waals surface area (Å²) >= 11 is 0. The fraction of sp³-hybridized carbons (Fsp3) is 0.538. The molecule has 0 saturated carbocycles. The summed E-state index contributed by atoms with van der Waals surface area (Å²) in [6.45, 7) is 4.05. The van der Waals surface area contributed by atoms with Gasteiger partial charge in [-0.15, -0.1) is 0 Å². The second-order valence-electron chi connectivity index (χ2n) is 5.57. The Morgan fingerprint density at radius 2 is 1.94 bits per heavy atom. The summed E-state index contributed by atoms with van der Waals surface area (Å²) < 4.78 is 19.0. The van der Waals surface area contributed by atoms with Gasteiger partial charge in [0.1, 0.15) is 11.6 Å². The molecule has 0 amide bonds. The smallest absolute Gasteiger partial charge is 0.148 e. The van der Waals surface area contributed by atoms with Crippen LogP contribution in [0.3, 0.4) is 0 Å². The standard InChI is InChI=1S/C13H18FN3O/c1-16-5-13(6-16)7-17(8-13)11-4-12(18-2)10(15)3-9(11)14/h3-4H,5-8,15H2,1-2H3. The number of nitrogens with zero attached hydrogens (tertiary/aromatic N) is 2. The van der Waals surface area contributed by atoms with Crippen LogP contribution in [0.1, 0.15) is 0 Å². The van der Waals surface area contributed by atoms with E-state index in [-0.39, 0.29) is 5.82 Å². The van der Waals surface area contributed by atoms with E-state index in [1.54, 1.807) is 13.2 Å². The number of nitrogens with two attached hydrogens (primary N) is 1. The molecule has 5 heteroatoms. The second kappa shape index (κ2) is 3.75. The van der Waals surface area contributed by atoms with Gasteiger partial charge in [-0.2, -0.15) is 0 Å². The van der Waals surface area contributed by atoms with Crippen LogP contribution in [0.15, 0.2) is 12.1 Å². The SMILES string of the molecule is COc1cc(N2CC3(CN(C)C3)C2)c(F)cc1N. The minimum atomic E-state index is -0.268. The predicted molar refractivity (Wildman–Crippen MR) is 69.5 cm³/mol. The summed E-state index contributed by atoms with van der Waals surface area (Å²) in [7, 11) is 3.66. The van der Waals surface area contributed by atoms with Gasteiger partial charge in [0.05, 0.1) is 18.5 Å². The quantitative estimate of drug-likeness (QED) is 0.801. The van der Waals surface area contributed by atoms with Crippen molar-refractivity contribution in [3.05, 3.63) is 17.9 Å². The zero-order chi connectivity index (χ0) is 12.9. The lowest BCUT2D eigenvalue weighted by molar-refractivity contribution is -0.00271. The molecule has 4 nitrogen and oxygen atoms in total. The van der Waals surface area contributed by atoms with Gasteiger partial charge in [-0.3, -0.25) is 0 Å². The van der Waals surface area contributed by atoms with Crippen LogP contribution < -0.4 is 15.4 Å². The molecule has 0 radical (unpaired) electrons. The molecule has 0 bridgehead atoms. The van der Waals surface area contributed by atoms with Crippen LogP contribution in [0.5, 0.6) is 5.75 Å². The molecular formula is C13H18FN3O. The highest BCUT2D eigenvalue weighted by molar-refractivity contribution is 5.64. The van der Waals surface area contributed by atoms with Crippen molar-refractivity contribution >= 4 is 11.4 Å². The van der Waals surface area contributed by atoms with Crippen LogP contribution in [0.4, 0.5) is 15.8 Å². The maximum atomic E-state index is 13.9. The van der Waals surface area contributed by atoms with Crippen LogP contribution in [0.2, 0.25) is 0 Å². The summed E-state index contributed by atoms with van der Waals surface area (Å²) in [4.78, 5) is 4.35. The van der Waals surface area contributed by atoms with Crippen LogP contribution in [-0.4, -0.2) is 45.2 Å². The molecule has 0 aliphatic carbocycles. The molecule has 1 aromatic carbocycles. The monoisotopic (exact) mass is 251 g/mol. The molecule has 1 spiro atoms. The highest BCUT2D eigenvalue weighted by Crippen LogP contribution is 2.43. The van der Waals surface area contributed by atoms with Gasteiger partial charge in [0.15, 0.2) is 0 Å². The van der Waals surface area contributed by atoms with Gasteiger partial charge in [0.2, 0.25) is 0 Å². The number of benzene rings is 1. The molecule has 98 valence electrons. The van der Waals surface area contributed by atoms with Gasteiger partial charge in [-0.05, 0) is 7.05 Å². The number of ether oxygens (including phenoxy) is 1.